The van der Waals surface area contributed by atoms with Gasteiger partial charge in [0, 0.05) is 12.2 Å². The van der Waals surface area contributed by atoms with E-state index in [9.17, 15) is 0 Å². The van der Waals surface area contributed by atoms with Gasteiger partial charge in [0.05, 0.1) is 0 Å². The van der Waals surface area contributed by atoms with Crippen molar-refractivity contribution in [3.63, 3.8) is 0 Å². The van der Waals surface area contributed by atoms with E-state index in [1.54, 1.807) is 0 Å². The van der Waals surface area contributed by atoms with E-state index in [0.29, 0.717) is 0 Å². The fraction of sp³-hybridized carbons (Fsp3) is 0.368. The van der Waals surface area contributed by atoms with Crippen molar-refractivity contribution in [2.75, 3.05) is 18.8 Å². The number of piperidine rings is 1. The fourth-order valence-electron chi connectivity index (χ4n) is 3.22. The molecule has 110 valence electrons. The second-order valence-corrected chi connectivity index (χ2v) is 6.11. The van der Waals surface area contributed by atoms with E-state index in [0.717, 1.165) is 24.6 Å². The van der Waals surface area contributed by atoms with Gasteiger partial charge in [-0.2, -0.15) is 0 Å². The van der Waals surface area contributed by atoms with Crippen LogP contribution in [0.15, 0.2) is 54.6 Å². The summed E-state index contributed by atoms with van der Waals surface area (Å²) in [5, 5.41) is 0. The first-order valence-electron chi connectivity index (χ1n) is 7.91. The highest BCUT2D eigenvalue weighted by atomic mass is 15.1. The molecule has 0 spiro atoms. The second-order valence-electron chi connectivity index (χ2n) is 6.11. The van der Waals surface area contributed by atoms with Crippen LogP contribution in [-0.4, -0.2) is 18.0 Å². The smallest absolute Gasteiger partial charge is 0.0346 e. The zero-order chi connectivity index (χ0) is 14.5. The van der Waals surface area contributed by atoms with Crippen LogP contribution in [0.5, 0.6) is 0 Å². The van der Waals surface area contributed by atoms with E-state index in [4.69, 9.17) is 5.73 Å². The Labute approximate surface area is 127 Å². The highest BCUT2D eigenvalue weighted by molar-refractivity contribution is 5.46. The number of nitrogens with two attached hydrogens (primary N) is 1. The average Bonchev–Trinajstić information content (AvgIpc) is 2.52. The molecule has 0 aromatic heterocycles. The van der Waals surface area contributed by atoms with Crippen LogP contribution in [0.25, 0.3) is 0 Å². The lowest BCUT2D eigenvalue weighted by atomic mass is 9.89. The summed E-state index contributed by atoms with van der Waals surface area (Å²) in [6.45, 7) is 3.49. The zero-order valence-electron chi connectivity index (χ0n) is 12.5. The van der Waals surface area contributed by atoms with Gasteiger partial charge in [0.2, 0.25) is 0 Å². The molecule has 1 heterocycles. The maximum atomic E-state index is 6.06. The molecule has 1 saturated heterocycles. The van der Waals surface area contributed by atoms with E-state index in [1.807, 2.05) is 12.1 Å². The van der Waals surface area contributed by atoms with Crippen LogP contribution in [0.3, 0.4) is 0 Å². The Balaban J connectivity index is 1.50. The molecule has 0 saturated carbocycles. The third-order valence-electron chi connectivity index (χ3n) is 4.52. The van der Waals surface area contributed by atoms with Gasteiger partial charge in [0.25, 0.3) is 0 Å². The third kappa shape index (κ3) is 3.85. The van der Waals surface area contributed by atoms with Crippen molar-refractivity contribution >= 4 is 5.69 Å². The van der Waals surface area contributed by atoms with Crippen LogP contribution in [0.1, 0.15) is 24.0 Å². The standard InChI is InChI=1S/C19H24N2/c20-19-9-5-4-8-18(19)14-16-10-12-21(13-11-16)15-17-6-2-1-3-7-17/h1-9,16H,10-15,20H2. The number of para-hydroxylation sites is 1. The molecule has 21 heavy (non-hydrogen) atoms. The fourth-order valence-corrected chi connectivity index (χ4v) is 3.22. The lowest BCUT2D eigenvalue weighted by Gasteiger charge is -2.32. The van der Waals surface area contributed by atoms with Gasteiger partial charge in [-0.15, -0.1) is 0 Å². The highest BCUT2D eigenvalue weighted by Crippen LogP contribution is 2.25. The monoisotopic (exact) mass is 280 g/mol. The Kier molecular flexibility index (Phi) is 4.56. The van der Waals surface area contributed by atoms with E-state index >= 15 is 0 Å². The number of hydrogen-bond acceptors (Lipinski definition) is 2. The topological polar surface area (TPSA) is 29.3 Å². The minimum absolute atomic E-state index is 0.779. The maximum Gasteiger partial charge on any atom is 0.0346 e. The molecule has 0 aliphatic carbocycles. The number of nitrogens with zero attached hydrogens (tertiary/aromatic N) is 1. The van der Waals surface area contributed by atoms with Gasteiger partial charge in [-0.1, -0.05) is 48.5 Å². The minimum Gasteiger partial charge on any atom is -0.399 e. The van der Waals surface area contributed by atoms with Gasteiger partial charge < -0.3 is 5.73 Å². The summed E-state index contributed by atoms with van der Waals surface area (Å²) in [7, 11) is 0. The molecule has 1 aliphatic heterocycles. The molecule has 0 bridgehead atoms. The van der Waals surface area contributed by atoms with Crippen LogP contribution in [0.4, 0.5) is 5.69 Å². The van der Waals surface area contributed by atoms with Crippen LogP contribution >= 0.6 is 0 Å². The van der Waals surface area contributed by atoms with Gasteiger partial charge in [-0.3, -0.25) is 4.90 Å². The Morgan fingerprint density at radius 3 is 2.29 bits per heavy atom. The summed E-state index contributed by atoms with van der Waals surface area (Å²) in [6, 6.07) is 19.1. The summed E-state index contributed by atoms with van der Waals surface area (Å²) in [5.74, 6) is 0.779. The second kappa shape index (κ2) is 6.77. The van der Waals surface area contributed by atoms with E-state index in [-0.39, 0.29) is 0 Å². The molecule has 0 amide bonds. The summed E-state index contributed by atoms with van der Waals surface area (Å²) < 4.78 is 0. The number of anilines is 1. The molecular weight excluding hydrogens is 256 g/mol. The van der Waals surface area contributed by atoms with Crippen molar-refractivity contribution in [2.45, 2.75) is 25.8 Å². The van der Waals surface area contributed by atoms with E-state index in [2.05, 4.69) is 47.4 Å². The quantitative estimate of drug-likeness (QED) is 0.865. The number of likely N-dealkylation sites (tertiary alicyclic amines) is 1. The largest absolute Gasteiger partial charge is 0.399 e. The number of nitrogen functional groups attached to an aromatic ring is 1. The summed E-state index contributed by atoms with van der Waals surface area (Å²) >= 11 is 0. The molecule has 2 heteroatoms. The van der Waals surface area contributed by atoms with Crippen LogP contribution in [0, 0.1) is 5.92 Å². The van der Waals surface area contributed by atoms with E-state index < -0.39 is 0 Å². The van der Waals surface area contributed by atoms with Gasteiger partial charge in [0.15, 0.2) is 0 Å². The summed E-state index contributed by atoms with van der Waals surface area (Å²) in [5.41, 5.74) is 9.74. The van der Waals surface area contributed by atoms with Crippen molar-refractivity contribution in [3.8, 4) is 0 Å². The molecule has 0 unspecified atom stereocenters. The zero-order valence-corrected chi connectivity index (χ0v) is 12.5. The molecule has 2 N–H and O–H groups in total. The van der Waals surface area contributed by atoms with Crippen molar-refractivity contribution in [1.82, 2.24) is 4.90 Å². The predicted octanol–water partition coefficient (Wildman–Crippen LogP) is 3.72. The van der Waals surface area contributed by atoms with Crippen molar-refractivity contribution < 1.29 is 0 Å². The van der Waals surface area contributed by atoms with Gasteiger partial charge >= 0.3 is 0 Å². The SMILES string of the molecule is Nc1ccccc1CC1CCN(Cc2ccccc2)CC1. The molecule has 1 aliphatic rings. The van der Waals surface area contributed by atoms with Crippen LogP contribution < -0.4 is 5.73 Å². The van der Waals surface area contributed by atoms with Crippen LogP contribution in [0.2, 0.25) is 0 Å². The minimum atomic E-state index is 0.779. The van der Waals surface area contributed by atoms with Gasteiger partial charge in [-0.25, -0.2) is 0 Å². The Hall–Kier alpha value is -1.80. The normalized spacial score (nSPS) is 17.0. The molecule has 3 rings (SSSR count). The molecule has 2 nitrogen and oxygen atoms in total. The number of hydrogen-bond donors (Lipinski definition) is 1. The molecule has 2 aromatic carbocycles. The van der Waals surface area contributed by atoms with Crippen LogP contribution in [-0.2, 0) is 13.0 Å². The summed E-state index contributed by atoms with van der Waals surface area (Å²) in [4.78, 5) is 2.57. The Morgan fingerprint density at radius 1 is 0.905 bits per heavy atom. The number of benzene rings is 2. The molecular formula is C19H24N2. The first-order chi connectivity index (χ1) is 10.3. The Morgan fingerprint density at radius 2 is 1.57 bits per heavy atom. The molecule has 0 radical (unpaired) electrons. The predicted molar refractivity (Wildman–Crippen MR) is 89.0 cm³/mol. The number of rotatable bonds is 4. The average molecular weight is 280 g/mol. The maximum absolute atomic E-state index is 6.06. The van der Waals surface area contributed by atoms with Crippen molar-refractivity contribution in [3.05, 3.63) is 65.7 Å². The van der Waals surface area contributed by atoms with Gasteiger partial charge in [0.1, 0.15) is 0 Å². The first-order valence-corrected chi connectivity index (χ1v) is 7.91. The third-order valence-corrected chi connectivity index (χ3v) is 4.52. The van der Waals surface area contributed by atoms with Crippen molar-refractivity contribution in [1.29, 1.82) is 0 Å². The van der Waals surface area contributed by atoms with Crippen molar-refractivity contribution in [2.24, 2.45) is 5.92 Å². The molecule has 0 atom stereocenters. The van der Waals surface area contributed by atoms with Gasteiger partial charge in [-0.05, 0) is 55.5 Å². The molecule has 1 fully saturated rings. The van der Waals surface area contributed by atoms with E-state index in [1.165, 1.54) is 37.1 Å². The lowest BCUT2D eigenvalue weighted by molar-refractivity contribution is 0.177. The lowest BCUT2D eigenvalue weighted by Crippen LogP contribution is -2.33. The molecule has 2 aromatic rings. The Bertz CT molecular complexity index is 557. The highest BCUT2D eigenvalue weighted by Gasteiger charge is 2.20. The first kappa shape index (κ1) is 14.2. The summed E-state index contributed by atoms with van der Waals surface area (Å²) in [6.07, 6.45) is 3.69.